The van der Waals surface area contributed by atoms with Crippen molar-refractivity contribution < 1.29 is 4.79 Å². The Balaban J connectivity index is 1.81. The molecular formula is C14H18N6O. The van der Waals surface area contributed by atoms with Crippen LogP contribution in [0, 0.1) is 5.41 Å². The van der Waals surface area contributed by atoms with Gasteiger partial charge in [0, 0.05) is 18.7 Å². The Kier molecular flexibility index (Phi) is 3.42. The second-order valence-electron chi connectivity index (χ2n) is 5.80. The molecule has 110 valence electrons. The zero-order valence-corrected chi connectivity index (χ0v) is 11.9. The van der Waals surface area contributed by atoms with Crippen LogP contribution >= 0.6 is 0 Å². The Morgan fingerprint density at radius 2 is 2.33 bits per heavy atom. The molecule has 0 radical (unpaired) electrons. The largest absolute Gasteiger partial charge is 0.338 e. The normalized spacial score (nSPS) is 21.7. The van der Waals surface area contributed by atoms with Crippen molar-refractivity contribution in [1.82, 2.24) is 25.1 Å². The van der Waals surface area contributed by atoms with E-state index in [-0.39, 0.29) is 11.3 Å². The highest BCUT2D eigenvalue weighted by Crippen LogP contribution is 2.29. The molecule has 3 rings (SSSR count). The second-order valence-corrected chi connectivity index (χ2v) is 5.80. The zero-order valence-electron chi connectivity index (χ0n) is 11.9. The number of aromatic nitrogens is 4. The third-order valence-corrected chi connectivity index (χ3v) is 4.04. The predicted octanol–water partition coefficient (Wildman–Crippen LogP) is 0.473. The highest BCUT2D eigenvalue weighted by molar-refractivity contribution is 5.95. The number of hydrogen-bond donors (Lipinski definition) is 1. The van der Waals surface area contributed by atoms with E-state index in [0.29, 0.717) is 18.7 Å². The van der Waals surface area contributed by atoms with Gasteiger partial charge in [0.25, 0.3) is 5.91 Å². The lowest BCUT2D eigenvalue weighted by Crippen LogP contribution is -2.34. The fraction of sp³-hybridized carbons (Fsp3) is 0.429. The lowest BCUT2D eigenvalue weighted by Gasteiger charge is -2.22. The Morgan fingerprint density at radius 3 is 3.00 bits per heavy atom. The summed E-state index contributed by atoms with van der Waals surface area (Å²) < 4.78 is 1.53. The topological polar surface area (TPSA) is 89.9 Å². The third-order valence-electron chi connectivity index (χ3n) is 4.04. The van der Waals surface area contributed by atoms with Gasteiger partial charge in [0.2, 0.25) is 0 Å². The van der Waals surface area contributed by atoms with Crippen LogP contribution in [0.4, 0.5) is 0 Å². The summed E-state index contributed by atoms with van der Waals surface area (Å²) in [5.74, 6) is 0.0297. The number of nitrogens with zero attached hydrogens (tertiary/aromatic N) is 5. The summed E-state index contributed by atoms with van der Waals surface area (Å²) in [6.45, 7) is 4.18. The van der Waals surface area contributed by atoms with E-state index in [4.69, 9.17) is 5.73 Å². The Morgan fingerprint density at radius 1 is 1.48 bits per heavy atom. The fourth-order valence-electron chi connectivity index (χ4n) is 2.61. The van der Waals surface area contributed by atoms with E-state index in [1.807, 2.05) is 23.1 Å². The van der Waals surface area contributed by atoms with Crippen LogP contribution in [0.1, 0.15) is 23.7 Å². The minimum atomic E-state index is 0.0297. The summed E-state index contributed by atoms with van der Waals surface area (Å²) >= 11 is 0. The number of likely N-dealkylation sites (tertiary alicyclic amines) is 1. The van der Waals surface area contributed by atoms with Gasteiger partial charge in [-0.3, -0.25) is 4.79 Å². The highest BCUT2D eigenvalue weighted by Gasteiger charge is 2.35. The van der Waals surface area contributed by atoms with Crippen LogP contribution in [0.5, 0.6) is 0 Å². The van der Waals surface area contributed by atoms with Crippen molar-refractivity contribution in [2.75, 3.05) is 19.6 Å². The number of rotatable bonds is 3. The minimum Gasteiger partial charge on any atom is -0.338 e. The number of tetrazole rings is 1. The van der Waals surface area contributed by atoms with Gasteiger partial charge in [-0.15, -0.1) is 5.10 Å². The Labute approximate surface area is 122 Å². The average molecular weight is 286 g/mol. The molecule has 2 N–H and O–H groups in total. The molecule has 0 aliphatic carbocycles. The maximum Gasteiger partial charge on any atom is 0.253 e. The lowest BCUT2D eigenvalue weighted by atomic mass is 9.90. The summed E-state index contributed by atoms with van der Waals surface area (Å²) in [6, 6.07) is 7.31. The molecule has 7 heteroatoms. The standard InChI is InChI=1S/C14H18N6O/c1-14(8-15)5-6-19(9-14)13(21)11-3-2-4-12(7-11)20-10-16-17-18-20/h2-4,7,10H,5-6,8-9,15H2,1H3. The number of benzene rings is 1. The quantitative estimate of drug-likeness (QED) is 0.886. The van der Waals surface area contributed by atoms with Gasteiger partial charge in [0.05, 0.1) is 5.69 Å². The van der Waals surface area contributed by atoms with Crippen LogP contribution in [0.25, 0.3) is 5.69 Å². The van der Waals surface area contributed by atoms with E-state index in [1.54, 1.807) is 6.07 Å². The van der Waals surface area contributed by atoms with Gasteiger partial charge in [-0.1, -0.05) is 13.0 Å². The molecule has 1 aromatic heterocycles. The summed E-state index contributed by atoms with van der Waals surface area (Å²) in [5, 5.41) is 11.0. The smallest absolute Gasteiger partial charge is 0.253 e. The van der Waals surface area contributed by atoms with Gasteiger partial charge in [-0.25, -0.2) is 4.68 Å². The maximum atomic E-state index is 12.6. The van der Waals surface area contributed by atoms with Crippen molar-refractivity contribution in [2.45, 2.75) is 13.3 Å². The molecule has 1 atom stereocenters. The van der Waals surface area contributed by atoms with E-state index in [9.17, 15) is 4.79 Å². The number of carbonyl (C=O) groups excluding carboxylic acids is 1. The number of nitrogens with two attached hydrogens (primary N) is 1. The molecule has 1 saturated heterocycles. The van der Waals surface area contributed by atoms with Crippen LogP contribution in [0.2, 0.25) is 0 Å². The van der Waals surface area contributed by atoms with Crippen LogP contribution in [0.15, 0.2) is 30.6 Å². The molecule has 0 saturated carbocycles. The summed E-state index contributed by atoms with van der Waals surface area (Å²) in [5.41, 5.74) is 7.24. The van der Waals surface area contributed by atoms with Crippen LogP contribution in [-0.2, 0) is 0 Å². The number of hydrogen-bond acceptors (Lipinski definition) is 5. The molecule has 1 aliphatic heterocycles. The molecular weight excluding hydrogens is 268 g/mol. The van der Waals surface area contributed by atoms with Gasteiger partial charge in [0.1, 0.15) is 6.33 Å². The first-order valence-corrected chi connectivity index (χ1v) is 6.94. The molecule has 7 nitrogen and oxygen atoms in total. The first kappa shape index (κ1) is 13.7. The molecule has 2 aromatic rings. The van der Waals surface area contributed by atoms with Gasteiger partial charge in [-0.2, -0.15) is 0 Å². The van der Waals surface area contributed by atoms with Crippen molar-refractivity contribution in [3.8, 4) is 5.69 Å². The van der Waals surface area contributed by atoms with E-state index in [0.717, 1.165) is 18.7 Å². The second kappa shape index (κ2) is 5.25. The molecule has 1 aromatic carbocycles. The first-order valence-electron chi connectivity index (χ1n) is 6.94. The fourth-order valence-corrected chi connectivity index (χ4v) is 2.61. The number of carbonyl (C=O) groups is 1. The molecule has 1 amide bonds. The summed E-state index contributed by atoms with van der Waals surface area (Å²) in [7, 11) is 0. The van der Waals surface area contributed by atoms with Gasteiger partial charge in [0.15, 0.2) is 0 Å². The minimum absolute atomic E-state index is 0.0297. The Bertz CT molecular complexity index is 641. The SMILES string of the molecule is CC1(CN)CCN(C(=O)c2cccc(-n3cnnn3)c2)C1. The van der Waals surface area contributed by atoms with E-state index < -0.39 is 0 Å². The van der Waals surface area contributed by atoms with Crippen molar-refractivity contribution >= 4 is 5.91 Å². The van der Waals surface area contributed by atoms with Crippen LogP contribution in [-0.4, -0.2) is 50.6 Å². The molecule has 0 spiro atoms. The molecule has 0 bridgehead atoms. The lowest BCUT2D eigenvalue weighted by molar-refractivity contribution is 0.0777. The van der Waals surface area contributed by atoms with Crippen LogP contribution < -0.4 is 5.73 Å². The Hall–Kier alpha value is -2.28. The molecule has 1 unspecified atom stereocenters. The molecule has 1 aliphatic rings. The van der Waals surface area contributed by atoms with Crippen molar-refractivity contribution in [3.05, 3.63) is 36.2 Å². The predicted molar refractivity (Wildman–Crippen MR) is 76.8 cm³/mol. The van der Waals surface area contributed by atoms with Crippen molar-refractivity contribution in [2.24, 2.45) is 11.1 Å². The summed E-state index contributed by atoms with van der Waals surface area (Å²) in [6.07, 6.45) is 2.45. The van der Waals surface area contributed by atoms with Gasteiger partial charge < -0.3 is 10.6 Å². The van der Waals surface area contributed by atoms with Gasteiger partial charge in [-0.05, 0) is 47.0 Å². The monoisotopic (exact) mass is 286 g/mol. The van der Waals surface area contributed by atoms with E-state index in [2.05, 4.69) is 22.4 Å². The van der Waals surface area contributed by atoms with Crippen molar-refractivity contribution in [1.29, 1.82) is 0 Å². The first-order chi connectivity index (χ1) is 10.1. The average Bonchev–Trinajstić information content (AvgIpc) is 3.17. The van der Waals surface area contributed by atoms with E-state index in [1.165, 1.54) is 11.0 Å². The third kappa shape index (κ3) is 2.64. The number of amides is 1. The molecule has 1 fully saturated rings. The maximum absolute atomic E-state index is 12.6. The van der Waals surface area contributed by atoms with Gasteiger partial charge >= 0.3 is 0 Å². The molecule has 2 heterocycles. The van der Waals surface area contributed by atoms with Crippen molar-refractivity contribution in [3.63, 3.8) is 0 Å². The summed E-state index contributed by atoms with van der Waals surface area (Å²) in [4.78, 5) is 14.5. The molecule has 21 heavy (non-hydrogen) atoms. The van der Waals surface area contributed by atoms with Crippen LogP contribution in [0.3, 0.4) is 0 Å². The highest BCUT2D eigenvalue weighted by atomic mass is 16.2. The zero-order chi connectivity index (χ0) is 14.9. The van der Waals surface area contributed by atoms with E-state index >= 15 is 0 Å².